The number of nitrogens with zero attached hydrogens (tertiary/aromatic N) is 1. The van der Waals surface area contributed by atoms with Gasteiger partial charge in [0.25, 0.3) is 0 Å². The second kappa shape index (κ2) is 5.43. The summed E-state index contributed by atoms with van der Waals surface area (Å²) in [7, 11) is 0. The summed E-state index contributed by atoms with van der Waals surface area (Å²) in [5.41, 5.74) is 5.51. The van der Waals surface area contributed by atoms with E-state index in [4.69, 9.17) is 10.5 Å². The molecule has 0 amide bonds. The fourth-order valence-corrected chi connectivity index (χ4v) is 2.30. The van der Waals surface area contributed by atoms with Crippen molar-refractivity contribution >= 4 is 27.3 Å². The topological polar surface area (TPSA) is 48.1 Å². The Kier molecular flexibility index (Phi) is 3.93. The summed E-state index contributed by atoms with van der Waals surface area (Å²) in [4.78, 5) is 5.30. The Balaban J connectivity index is 1.96. The zero-order chi connectivity index (χ0) is 11.4. The molecule has 2 N–H and O–H groups in total. The van der Waals surface area contributed by atoms with Gasteiger partial charge in [-0.05, 0) is 18.2 Å². The molecule has 0 aliphatic heterocycles. The molecule has 2 rings (SSSR count). The molecule has 1 heterocycles. The molecule has 0 bridgehead atoms. The summed E-state index contributed by atoms with van der Waals surface area (Å²) in [6.45, 7) is 1.02. The Morgan fingerprint density at radius 2 is 2.31 bits per heavy atom. The normalized spacial score (nSPS) is 10.4. The van der Waals surface area contributed by atoms with Crippen LogP contribution < -0.4 is 10.5 Å². The third-order valence-electron chi connectivity index (χ3n) is 1.96. The number of benzene rings is 1. The average Bonchev–Trinajstić information content (AvgIpc) is 2.74. The van der Waals surface area contributed by atoms with Crippen molar-refractivity contribution in [2.24, 2.45) is 5.73 Å². The molecule has 0 spiro atoms. The molecule has 2 aromatic rings. The van der Waals surface area contributed by atoms with Crippen LogP contribution in [-0.4, -0.2) is 4.98 Å². The van der Waals surface area contributed by atoms with Crippen molar-refractivity contribution in [2.75, 3.05) is 0 Å². The standard InChI is InChI=1S/C11H11BrN2OS/c12-8-2-1-3-9(4-8)15-7-11-14-6-10(5-13)16-11/h1-4,6H,5,7,13H2. The number of aromatic nitrogens is 1. The molecule has 84 valence electrons. The molecule has 0 atom stereocenters. The number of nitrogens with two attached hydrogens (primary N) is 1. The lowest BCUT2D eigenvalue weighted by Gasteiger charge is -2.03. The lowest BCUT2D eigenvalue weighted by Crippen LogP contribution is -1.94. The molecule has 0 fully saturated rings. The van der Waals surface area contributed by atoms with Gasteiger partial charge < -0.3 is 10.5 Å². The SMILES string of the molecule is NCc1cnc(COc2cccc(Br)c2)s1. The molecule has 5 heteroatoms. The molecule has 0 saturated heterocycles. The highest BCUT2D eigenvalue weighted by atomic mass is 79.9. The summed E-state index contributed by atoms with van der Waals surface area (Å²) in [6, 6.07) is 7.75. The maximum absolute atomic E-state index is 5.61. The van der Waals surface area contributed by atoms with Crippen LogP contribution in [0, 0.1) is 0 Å². The van der Waals surface area contributed by atoms with Crippen molar-refractivity contribution in [1.82, 2.24) is 4.98 Å². The van der Waals surface area contributed by atoms with Gasteiger partial charge in [0.15, 0.2) is 0 Å². The van der Waals surface area contributed by atoms with Crippen LogP contribution in [-0.2, 0) is 13.2 Å². The first-order valence-corrected chi connectivity index (χ1v) is 6.41. The molecular weight excluding hydrogens is 288 g/mol. The summed E-state index contributed by atoms with van der Waals surface area (Å²) < 4.78 is 6.61. The Morgan fingerprint density at radius 3 is 3.00 bits per heavy atom. The molecule has 0 radical (unpaired) electrons. The molecule has 16 heavy (non-hydrogen) atoms. The van der Waals surface area contributed by atoms with E-state index in [-0.39, 0.29) is 0 Å². The van der Waals surface area contributed by atoms with Gasteiger partial charge in [-0.25, -0.2) is 4.98 Å². The van der Waals surface area contributed by atoms with Gasteiger partial charge in [-0.1, -0.05) is 22.0 Å². The maximum atomic E-state index is 5.61. The van der Waals surface area contributed by atoms with Crippen molar-refractivity contribution < 1.29 is 4.74 Å². The van der Waals surface area contributed by atoms with Gasteiger partial charge in [0, 0.05) is 22.1 Å². The second-order valence-corrected chi connectivity index (χ2v) is 5.29. The monoisotopic (exact) mass is 298 g/mol. The van der Waals surface area contributed by atoms with Crippen LogP contribution in [0.3, 0.4) is 0 Å². The van der Waals surface area contributed by atoms with Gasteiger partial charge in [-0.2, -0.15) is 0 Å². The molecular formula is C11H11BrN2OS. The van der Waals surface area contributed by atoms with Crippen LogP contribution in [0.2, 0.25) is 0 Å². The highest BCUT2D eigenvalue weighted by Crippen LogP contribution is 2.20. The van der Waals surface area contributed by atoms with Crippen molar-refractivity contribution in [3.05, 3.63) is 44.8 Å². The van der Waals surface area contributed by atoms with E-state index in [1.807, 2.05) is 24.3 Å². The fourth-order valence-electron chi connectivity index (χ4n) is 1.21. The number of hydrogen-bond donors (Lipinski definition) is 1. The van der Waals surface area contributed by atoms with E-state index in [1.54, 1.807) is 17.5 Å². The Labute approximate surface area is 106 Å². The van der Waals surface area contributed by atoms with Gasteiger partial charge in [0.05, 0.1) is 0 Å². The van der Waals surface area contributed by atoms with Gasteiger partial charge >= 0.3 is 0 Å². The van der Waals surface area contributed by atoms with Crippen LogP contribution in [0.1, 0.15) is 9.88 Å². The average molecular weight is 299 g/mol. The first-order valence-electron chi connectivity index (χ1n) is 4.80. The van der Waals surface area contributed by atoms with Crippen LogP contribution in [0.25, 0.3) is 0 Å². The van der Waals surface area contributed by atoms with Gasteiger partial charge in [0.2, 0.25) is 0 Å². The first kappa shape index (κ1) is 11.6. The maximum Gasteiger partial charge on any atom is 0.140 e. The molecule has 0 aliphatic rings. The zero-order valence-electron chi connectivity index (χ0n) is 8.52. The number of rotatable bonds is 4. The molecule has 0 saturated carbocycles. The second-order valence-electron chi connectivity index (χ2n) is 3.17. The predicted octanol–water partition coefficient (Wildman–Crippen LogP) is 2.94. The number of ether oxygens (including phenoxy) is 1. The van der Waals surface area contributed by atoms with E-state index >= 15 is 0 Å². The van der Waals surface area contributed by atoms with E-state index in [2.05, 4.69) is 20.9 Å². The van der Waals surface area contributed by atoms with Crippen LogP contribution in [0.4, 0.5) is 0 Å². The van der Waals surface area contributed by atoms with Crippen LogP contribution in [0.15, 0.2) is 34.9 Å². The van der Waals surface area contributed by atoms with E-state index in [9.17, 15) is 0 Å². The highest BCUT2D eigenvalue weighted by molar-refractivity contribution is 9.10. The van der Waals surface area contributed by atoms with Crippen molar-refractivity contribution in [1.29, 1.82) is 0 Å². The smallest absolute Gasteiger partial charge is 0.140 e. The third-order valence-corrected chi connectivity index (χ3v) is 3.45. The van der Waals surface area contributed by atoms with Crippen molar-refractivity contribution in [3.8, 4) is 5.75 Å². The largest absolute Gasteiger partial charge is 0.486 e. The van der Waals surface area contributed by atoms with E-state index < -0.39 is 0 Å². The quantitative estimate of drug-likeness (QED) is 0.944. The molecule has 1 aromatic carbocycles. The van der Waals surface area contributed by atoms with Crippen LogP contribution >= 0.6 is 27.3 Å². The zero-order valence-corrected chi connectivity index (χ0v) is 10.9. The Hall–Kier alpha value is -0.910. The minimum atomic E-state index is 0.487. The minimum absolute atomic E-state index is 0.487. The number of hydrogen-bond acceptors (Lipinski definition) is 4. The summed E-state index contributed by atoms with van der Waals surface area (Å²) >= 11 is 4.98. The van der Waals surface area contributed by atoms with Gasteiger partial charge in [-0.15, -0.1) is 11.3 Å². The number of halogens is 1. The summed E-state index contributed by atoms with van der Waals surface area (Å²) in [6.07, 6.45) is 1.80. The Morgan fingerprint density at radius 1 is 1.44 bits per heavy atom. The lowest BCUT2D eigenvalue weighted by molar-refractivity contribution is 0.305. The Bertz CT molecular complexity index is 473. The van der Waals surface area contributed by atoms with E-state index in [0.29, 0.717) is 13.2 Å². The molecule has 1 aromatic heterocycles. The van der Waals surface area contributed by atoms with E-state index in [1.165, 1.54) is 0 Å². The van der Waals surface area contributed by atoms with E-state index in [0.717, 1.165) is 20.1 Å². The summed E-state index contributed by atoms with van der Waals surface area (Å²) in [5.74, 6) is 0.832. The molecule has 0 aliphatic carbocycles. The first-order chi connectivity index (χ1) is 7.78. The highest BCUT2D eigenvalue weighted by Gasteiger charge is 2.01. The van der Waals surface area contributed by atoms with Crippen molar-refractivity contribution in [2.45, 2.75) is 13.2 Å². The summed E-state index contributed by atoms with van der Waals surface area (Å²) in [5, 5.41) is 0.945. The van der Waals surface area contributed by atoms with Crippen LogP contribution in [0.5, 0.6) is 5.75 Å². The minimum Gasteiger partial charge on any atom is -0.486 e. The molecule has 0 unspecified atom stereocenters. The third kappa shape index (κ3) is 3.04. The molecule has 3 nitrogen and oxygen atoms in total. The predicted molar refractivity (Wildman–Crippen MR) is 68.5 cm³/mol. The number of thiazole rings is 1. The van der Waals surface area contributed by atoms with Gasteiger partial charge in [-0.3, -0.25) is 0 Å². The lowest BCUT2D eigenvalue weighted by atomic mass is 10.3. The van der Waals surface area contributed by atoms with Gasteiger partial charge in [0.1, 0.15) is 17.4 Å². The van der Waals surface area contributed by atoms with Crippen molar-refractivity contribution in [3.63, 3.8) is 0 Å². The fraction of sp³-hybridized carbons (Fsp3) is 0.182.